The van der Waals surface area contributed by atoms with Gasteiger partial charge in [-0.15, -0.1) is 11.3 Å². The first-order valence-corrected chi connectivity index (χ1v) is 8.61. The number of rotatable bonds is 7. The van der Waals surface area contributed by atoms with Crippen molar-refractivity contribution in [1.82, 2.24) is 4.98 Å². The van der Waals surface area contributed by atoms with Crippen LogP contribution in [-0.2, 0) is 20.7 Å². The van der Waals surface area contributed by atoms with Gasteiger partial charge in [0.1, 0.15) is 0 Å². The lowest BCUT2D eigenvalue weighted by atomic mass is 10.3. The van der Waals surface area contributed by atoms with Crippen LogP contribution in [0.3, 0.4) is 0 Å². The number of para-hydroxylation sites is 1. The van der Waals surface area contributed by atoms with Gasteiger partial charge in [0.25, 0.3) is 0 Å². The van der Waals surface area contributed by atoms with Gasteiger partial charge in [-0.3, -0.25) is 9.59 Å². The average Bonchev–Trinajstić information content (AvgIpc) is 2.94. The zero-order valence-corrected chi connectivity index (χ0v) is 13.7. The van der Waals surface area contributed by atoms with Crippen LogP contribution in [0.4, 0.5) is 5.69 Å². The molecule has 0 saturated carbocycles. The van der Waals surface area contributed by atoms with E-state index >= 15 is 0 Å². The Morgan fingerprint density at radius 2 is 2.09 bits per heavy atom. The Morgan fingerprint density at radius 3 is 2.82 bits per heavy atom. The van der Waals surface area contributed by atoms with E-state index in [1.807, 2.05) is 35.7 Å². The number of ether oxygens (including phenoxy) is 1. The number of nitrogens with one attached hydrogen (secondary N) is 1. The number of nitrogens with zero attached hydrogens (tertiary/aromatic N) is 1. The summed E-state index contributed by atoms with van der Waals surface area (Å²) in [4.78, 5) is 27.5. The number of carbonyl (C=O) groups excluding carboxylic acids is 2. The van der Waals surface area contributed by atoms with Crippen LogP contribution in [0.25, 0.3) is 0 Å². The van der Waals surface area contributed by atoms with E-state index in [-0.39, 0.29) is 24.1 Å². The fourth-order valence-electron chi connectivity index (χ4n) is 1.64. The van der Waals surface area contributed by atoms with Crippen molar-refractivity contribution in [3.8, 4) is 0 Å². The normalized spacial score (nSPS) is 10.2. The van der Waals surface area contributed by atoms with Crippen LogP contribution in [0.2, 0.25) is 0 Å². The Labute approximate surface area is 137 Å². The lowest BCUT2D eigenvalue weighted by molar-refractivity contribution is -0.142. The minimum absolute atomic E-state index is 0.0849. The molecule has 0 radical (unpaired) electrons. The van der Waals surface area contributed by atoms with E-state index in [1.54, 1.807) is 6.92 Å². The molecule has 1 aromatic heterocycles. The smallest absolute Gasteiger partial charge is 0.311 e. The minimum Gasteiger partial charge on any atom is -0.466 e. The van der Waals surface area contributed by atoms with E-state index in [1.165, 1.54) is 23.1 Å². The quantitative estimate of drug-likeness (QED) is 0.622. The molecule has 0 bridgehead atoms. The van der Waals surface area contributed by atoms with Crippen molar-refractivity contribution in [3.05, 3.63) is 41.4 Å². The molecule has 7 heteroatoms. The van der Waals surface area contributed by atoms with Gasteiger partial charge in [0, 0.05) is 11.1 Å². The first-order valence-electron chi connectivity index (χ1n) is 6.75. The molecule has 2 rings (SSSR count). The number of thiazole rings is 1. The Bertz CT molecular complexity index is 629. The maximum atomic E-state index is 11.8. The van der Waals surface area contributed by atoms with Crippen LogP contribution in [0.1, 0.15) is 12.6 Å². The highest BCUT2D eigenvalue weighted by Crippen LogP contribution is 2.23. The first-order chi connectivity index (χ1) is 10.7. The number of thioether (sulfide) groups is 1. The third-order valence-corrected chi connectivity index (χ3v) is 4.62. The summed E-state index contributed by atoms with van der Waals surface area (Å²) in [5, 5.41) is 4.62. The largest absolute Gasteiger partial charge is 0.466 e. The SMILES string of the molecule is CCOC(=O)Cc1csc(SCC(=O)Nc2ccccc2)n1. The van der Waals surface area contributed by atoms with Crippen LogP contribution in [0, 0.1) is 0 Å². The Morgan fingerprint density at radius 1 is 1.32 bits per heavy atom. The van der Waals surface area contributed by atoms with Gasteiger partial charge in [0.05, 0.1) is 24.5 Å². The molecule has 0 aliphatic carbocycles. The standard InChI is InChI=1S/C15H16N2O3S2/c1-2-20-14(19)8-12-9-21-15(17-12)22-10-13(18)16-11-6-4-3-5-7-11/h3-7,9H,2,8,10H2,1H3,(H,16,18). The van der Waals surface area contributed by atoms with Crippen LogP contribution in [-0.4, -0.2) is 29.2 Å². The van der Waals surface area contributed by atoms with Crippen LogP contribution in [0.15, 0.2) is 40.1 Å². The summed E-state index contributed by atoms with van der Waals surface area (Å²) < 4.78 is 5.64. The van der Waals surface area contributed by atoms with E-state index < -0.39 is 0 Å². The molecular formula is C15H16N2O3S2. The molecule has 0 unspecified atom stereocenters. The molecule has 1 N–H and O–H groups in total. The van der Waals surface area contributed by atoms with Crippen LogP contribution >= 0.6 is 23.1 Å². The highest BCUT2D eigenvalue weighted by atomic mass is 32.2. The van der Waals surface area contributed by atoms with Crippen molar-refractivity contribution < 1.29 is 14.3 Å². The molecule has 0 aliphatic rings. The molecular weight excluding hydrogens is 320 g/mol. The van der Waals surface area contributed by atoms with Gasteiger partial charge in [-0.2, -0.15) is 0 Å². The number of hydrogen-bond donors (Lipinski definition) is 1. The fourth-order valence-corrected chi connectivity index (χ4v) is 3.29. The Hall–Kier alpha value is -1.86. The molecule has 0 atom stereocenters. The van der Waals surface area contributed by atoms with E-state index in [2.05, 4.69) is 10.3 Å². The molecule has 22 heavy (non-hydrogen) atoms. The lowest BCUT2D eigenvalue weighted by Gasteiger charge is -2.03. The molecule has 5 nitrogen and oxygen atoms in total. The number of amides is 1. The van der Waals surface area contributed by atoms with Gasteiger partial charge in [-0.05, 0) is 19.1 Å². The van der Waals surface area contributed by atoms with Gasteiger partial charge in [0.2, 0.25) is 5.91 Å². The summed E-state index contributed by atoms with van der Waals surface area (Å²) >= 11 is 2.77. The Balaban J connectivity index is 1.78. The summed E-state index contributed by atoms with van der Waals surface area (Å²) in [5.74, 6) is -0.0918. The summed E-state index contributed by atoms with van der Waals surface area (Å²) in [6.45, 7) is 2.13. The number of benzene rings is 1. The van der Waals surface area contributed by atoms with Crippen LogP contribution in [0.5, 0.6) is 0 Å². The highest BCUT2D eigenvalue weighted by Gasteiger charge is 2.10. The van der Waals surface area contributed by atoms with E-state index in [4.69, 9.17) is 4.74 Å². The molecule has 0 saturated heterocycles. The van der Waals surface area contributed by atoms with E-state index in [0.29, 0.717) is 12.3 Å². The molecule has 1 aromatic carbocycles. The lowest BCUT2D eigenvalue weighted by Crippen LogP contribution is -2.13. The summed E-state index contributed by atoms with van der Waals surface area (Å²) in [6.07, 6.45) is 0.168. The van der Waals surface area contributed by atoms with Gasteiger partial charge in [-0.25, -0.2) is 4.98 Å². The van der Waals surface area contributed by atoms with E-state index in [0.717, 1.165) is 10.0 Å². The molecule has 2 aromatic rings. The van der Waals surface area contributed by atoms with Gasteiger partial charge < -0.3 is 10.1 Å². The number of carbonyl (C=O) groups is 2. The minimum atomic E-state index is -0.286. The zero-order chi connectivity index (χ0) is 15.8. The maximum absolute atomic E-state index is 11.8. The second kappa shape index (κ2) is 8.55. The fraction of sp³-hybridized carbons (Fsp3) is 0.267. The van der Waals surface area contributed by atoms with Crippen molar-refractivity contribution in [3.63, 3.8) is 0 Å². The van der Waals surface area contributed by atoms with Crippen molar-refractivity contribution in [2.75, 3.05) is 17.7 Å². The molecule has 116 valence electrons. The topological polar surface area (TPSA) is 68.3 Å². The monoisotopic (exact) mass is 336 g/mol. The highest BCUT2D eigenvalue weighted by molar-refractivity contribution is 8.01. The third kappa shape index (κ3) is 5.50. The van der Waals surface area contributed by atoms with Crippen molar-refractivity contribution >= 4 is 40.7 Å². The molecule has 1 heterocycles. The number of hydrogen-bond acceptors (Lipinski definition) is 6. The second-order valence-electron chi connectivity index (χ2n) is 4.29. The van der Waals surface area contributed by atoms with Gasteiger partial charge >= 0.3 is 5.97 Å². The molecule has 0 aliphatic heterocycles. The number of aromatic nitrogens is 1. The first kappa shape index (κ1) is 16.5. The summed E-state index contributed by atoms with van der Waals surface area (Å²) in [7, 11) is 0. The zero-order valence-electron chi connectivity index (χ0n) is 12.1. The van der Waals surface area contributed by atoms with E-state index in [9.17, 15) is 9.59 Å². The predicted octanol–water partition coefficient (Wildman–Crippen LogP) is 2.98. The summed E-state index contributed by atoms with van der Waals surface area (Å²) in [5.41, 5.74) is 1.45. The average molecular weight is 336 g/mol. The van der Waals surface area contributed by atoms with Gasteiger partial charge in [0.15, 0.2) is 4.34 Å². The second-order valence-corrected chi connectivity index (χ2v) is 6.37. The van der Waals surface area contributed by atoms with Gasteiger partial charge in [-0.1, -0.05) is 30.0 Å². The molecule has 0 fully saturated rings. The maximum Gasteiger partial charge on any atom is 0.311 e. The number of anilines is 1. The Kier molecular flexibility index (Phi) is 6.42. The third-order valence-electron chi connectivity index (χ3n) is 2.55. The van der Waals surface area contributed by atoms with Crippen LogP contribution < -0.4 is 5.32 Å². The number of esters is 1. The summed E-state index contributed by atoms with van der Waals surface area (Å²) in [6, 6.07) is 9.30. The molecule has 0 spiro atoms. The van der Waals surface area contributed by atoms with Crippen molar-refractivity contribution in [2.24, 2.45) is 0 Å². The molecule has 1 amide bonds. The van der Waals surface area contributed by atoms with Crippen molar-refractivity contribution in [2.45, 2.75) is 17.7 Å². The predicted molar refractivity (Wildman–Crippen MR) is 88.2 cm³/mol. The van der Waals surface area contributed by atoms with Crippen molar-refractivity contribution in [1.29, 1.82) is 0 Å².